The molecule has 0 aromatic heterocycles. The van der Waals surface area contributed by atoms with E-state index < -0.39 is 6.04 Å². The maximum atomic E-state index is 13.8. The van der Waals surface area contributed by atoms with Crippen LogP contribution < -0.4 is 20.1 Å². The van der Waals surface area contributed by atoms with Crippen molar-refractivity contribution in [2.45, 2.75) is 31.7 Å². The number of para-hydroxylation sites is 2. The zero-order valence-electron chi connectivity index (χ0n) is 19.6. The van der Waals surface area contributed by atoms with Gasteiger partial charge >= 0.3 is 0 Å². The molecular formula is C28H27BrN2O4. The Balaban J connectivity index is 1.62. The van der Waals surface area contributed by atoms with E-state index in [0.29, 0.717) is 35.2 Å². The molecule has 1 aliphatic carbocycles. The third-order valence-electron chi connectivity index (χ3n) is 6.56. The number of methoxy groups -OCH3 is 1. The molecule has 0 saturated heterocycles. The summed E-state index contributed by atoms with van der Waals surface area (Å²) in [5.41, 5.74) is 5.35. The molecule has 2 unspecified atom stereocenters. The van der Waals surface area contributed by atoms with Crippen molar-refractivity contribution in [3.8, 4) is 17.2 Å². The van der Waals surface area contributed by atoms with E-state index in [9.17, 15) is 9.90 Å². The largest absolute Gasteiger partial charge is 0.503 e. The average molecular weight is 535 g/mol. The van der Waals surface area contributed by atoms with Gasteiger partial charge in [-0.3, -0.25) is 4.79 Å². The number of carbonyl (C=O) groups is 1. The Kier molecular flexibility index (Phi) is 6.43. The molecule has 1 heterocycles. The highest BCUT2D eigenvalue weighted by Crippen LogP contribution is 2.46. The number of hydrogen-bond acceptors (Lipinski definition) is 6. The number of allylic oxidation sites excluding steroid dienone is 1. The van der Waals surface area contributed by atoms with Gasteiger partial charge in [0.05, 0.1) is 35.6 Å². The van der Waals surface area contributed by atoms with Gasteiger partial charge in [0.2, 0.25) is 0 Å². The number of nitrogens with one attached hydrogen (secondary N) is 2. The van der Waals surface area contributed by atoms with Gasteiger partial charge in [0.25, 0.3) is 0 Å². The number of anilines is 2. The number of phenols is 1. The van der Waals surface area contributed by atoms with Gasteiger partial charge < -0.3 is 25.2 Å². The number of benzene rings is 3. The normalized spacial score (nSPS) is 19.1. The molecule has 35 heavy (non-hydrogen) atoms. The van der Waals surface area contributed by atoms with Crippen molar-refractivity contribution >= 4 is 33.1 Å². The number of fused-ring (bicyclic) bond motifs is 1. The van der Waals surface area contributed by atoms with Crippen molar-refractivity contribution in [3.05, 3.63) is 87.5 Å². The molecule has 3 aromatic rings. The summed E-state index contributed by atoms with van der Waals surface area (Å²) in [5.74, 6) is 1.33. The molecule has 0 bridgehead atoms. The summed E-state index contributed by atoms with van der Waals surface area (Å²) in [6, 6.07) is 19.1. The number of rotatable bonds is 5. The molecule has 7 heteroatoms. The van der Waals surface area contributed by atoms with Crippen molar-refractivity contribution in [2.24, 2.45) is 0 Å². The van der Waals surface area contributed by atoms with Crippen LogP contribution in [0.15, 0.2) is 76.4 Å². The lowest BCUT2D eigenvalue weighted by Gasteiger charge is -2.30. The first-order valence-electron chi connectivity index (χ1n) is 11.7. The highest BCUT2D eigenvalue weighted by Gasteiger charge is 2.36. The third kappa shape index (κ3) is 4.48. The molecule has 6 nitrogen and oxygen atoms in total. The second-order valence-electron chi connectivity index (χ2n) is 8.73. The number of hydrogen-bond donors (Lipinski definition) is 3. The van der Waals surface area contributed by atoms with Crippen LogP contribution in [0.3, 0.4) is 0 Å². The molecule has 3 N–H and O–H groups in total. The fraction of sp³-hybridized carbons (Fsp3) is 0.250. The number of halogens is 1. The minimum atomic E-state index is -0.406. The predicted octanol–water partition coefficient (Wildman–Crippen LogP) is 6.54. The smallest absolute Gasteiger partial charge is 0.172 e. The molecule has 1 aliphatic heterocycles. The van der Waals surface area contributed by atoms with E-state index in [-0.39, 0.29) is 17.5 Å². The lowest BCUT2D eigenvalue weighted by molar-refractivity contribution is -0.116. The van der Waals surface area contributed by atoms with Gasteiger partial charge in [-0.05, 0) is 82.7 Å². The summed E-state index contributed by atoms with van der Waals surface area (Å²) in [6.07, 6.45) is 1.10. The van der Waals surface area contributed by atoms with E-state index >= 15 is 0 Å². The summed E-state index contributed by atoms with van der Waals surface area (Å²) in [5, 5.41) is 17.6. The second kappa shape index (κ2) is 9.66. The van der Waals surface area contributed by atoms with Crippen LogP contribution in [0.4, 0.5) is 11.4 Å². The summed E-state index contributed by atoms with van der Waals surface area (Å²) >= 11 is 3.46. The van der Waals surface area contributed by atoms with E-state index in [1.807, 2.05) is 55.5 Å². The summed E-state index contributed by atoms with van der Waals surface area (Å²) in [4.78, 5) is 13.8. The van der Waals surface area contributed by atoms with Gasteiger partial charge in [0.1, 0.15) is 5.75 Å². The molecule has 180 valence electrons. The van der Waals surface area contributed by atoms with Crippen LogP contribution in [0.2, 0.25) is 0 Å². The van der Waals surface area contributed by atoms with Crippen LogP contribution in [0.1, 0.15) is 42.9 Å². The van der Waals surface area contributed by atoms with Crippen molar-refractivity contribution < 1.29 is 19.4 Å². The van der Waals surface area contributed by atoms with Crippen LogP contribution in [-0.4, -0.2) is 24.6 Å². The minimum absolute atomic E-state index is 0.0419. The Labute approximate surface area is 213 Å². The van der Waals surface area contributed by atoms with Crippen LogP contribution in [0.25, 0.3) is 0 Å². The molecule has 0 radical (unpaired) electrons. The molecule has 2 atom stereocenters. The highest BCUT2D eigenvalue weighted by molar-refractivity contribution is 9.10. The van der Waals surface area contributed by atoms with Crippen molar-refractivity contribution in [1.82, 2.24) is 0 Å². The van der Waals surface area contributed by atoms with E-state index in [1.54, 1.807) is 13.2 Å². The number of phenolic OH excluding ortho intramolecular Hbond substituents is 1. The van der Waals surface area contributed by atoms with Gasteiger partial charge in [-0.15, -0.1) is 0 Å². The van der Waals surface area contributed by atoms with Gasteiger partial charge in [0.15, 0.2) is 17.3 Å². The fourth-order valence-corrected chi connectivity index (χ4v) is 5.36. The van der Waals surface area contributed by atoms with Gasteiger partial charge in [-0.2, -0.15) is 0 Å². The highest BCUT2D eigenvalue weighted by atomic mass is 79.9. The number of aromatic hydroxyl groups is 1. The number of carbonyl (C=O) groups excluding carboxylic acids is 1. The molecule has 5 rings (SSSR count). The zero-order valence-corrected chi connectivity index (χ0v) is 21.2. The molecule has 3 aromatic carbocycles. The van der Waals surface area contributed by atoms with E-state index in [4.69, 9.17) is 9.47 Å². The second-order valence-corrected chi connectivity index (χ2v) is 9.58. The Morgan fingerprint density at radius 1 is 1.03 bits per heavy atom. The van der Waals surface area contributed by atoms with Crippen molar-refractivity contribution in [2.75, 3.05) is 24.4 Å². The standard InChI is InChI=1S/C28H27BrN2O4/c1-3-35-25-15-18(12-20(29)28(25)33)27-26-23(30-21-9-4-5-10-22(21)31-27)13-17(14-24(26)32)16-7-6-8-19(11-16)34-2/h4-12,15,17,27,30-31,33H,3,13-14H2,1-2H3. The van der Waals surface area contributed by atoms with Crippen LogP contribution in [-0.2, 0) is 4.79 Å². The number of ether oxygens (including phenoxy) is 2. The maximum Gasteiger partial charge on any atom is 0.172 e. The summed E-state index contributed by atoms with van der Waals surface area (Å²) in [7, 11) is 1.65. The lowest BCUT2D eigenvalue weighted by atomic mass is 9.78. The monoisotopic (exact) mass is 534 g/mol. The summed E-state index contributed by atoms with van der Waals surface area (Å²) in [6.45, 7) is 2.29. The quantitative estimate of drug-likeness (QED) is 0.344. The first kappa shape index (κ1) is 23.3. The van der Waals surface area contributed by atoms with Crippen molar-refractivity contribution in [1.29, 1.82) is 0 Å². The number of Topliss-reactive ketones (excluding diaryl/α,β-unsaturated/α-hetero) is 1. The van der Waals surface area contributed by atoms with E-state index in [1.165, 1.54) is 0 Å². The topological polar surface area (TPSA) is 79.8 Å². The third-order valence-corrected chi connectivity index (χ3v) is 7.16. The maximum absolute atomic E-state index is 13.8. The SMILES string of the molecule is CCOc1cc(C2Nc3ccccc3NC3=C2C(=O)CC(c2cccc(OC)c2)C3)cc(Br)c1O. The Hall–Kier alpha value is -3.45. The van der Waals surface area contributed by atoms with Gasteiger partial charge in [-0.25, -0.2) is 0 Å². The first-order chi connectivity index (χ1) is 17.0. The van der Waals surface area contributed by atoms with E-state index in [0.717, 1.165) is 33.9 Å². The molecule has 0 spiro atoms. The van der Waals surface area contributed by atoms with Crippen LogP contribution in [0, 0.1) is 0 Å². The van der Waals surface area contributed by atoms with Crippen molar-refractivity contribution in [3.63, 3.8) is 0 Å². The first-order valence-corrected chi connectivity index (χ1v) is 12.5. The predicted molar refractivity (Wildman–Crippen MR) is 140 cm³/mol. The minimum Gasteiger partial charge on any atom is -0.503 e. The van der Waals surface area contributed by atoms with Crippen LogP contribution in [0.5, 0.6) is 17.2 Å². The fourth-order valence-electron chi connectivity index (χ4n) is 4.90. The van der Waals surface area contributed by atoms with E-state index in [2.05, 4.69) is 32.6 Å². The number of ketones is 1. The van der Waals surface area contributed by atoms with Gasteiger partial charge in [-0.1, -0.05) is 24.3 Å². The molecular weight excluding hydrogens is 508 g/mol. The Morgan fingerprint density at radius 2 is 1.83 bits per heavy atom. The lowest BCUT2D eigenvalue weighted by Crippen LogP contribution is -2.27. The Bertz CT molecular complexity index is 1320. The molecule has 0 fully saturated rings. The van der Waals surface area contributed by atoms with Gasteiger partial charge in [0, 0.05) is 17.7 Å². The Morgan fingerprint density at radius 3 is 2.60 bits per heavy atom. The zero-order chi connectivity index (χ0) is 24.5. The summed E-state index contributed by atoms with van der Waals surface area (Å²) < 4.78 is 11.6. The molecule has 0 amide bonds. The average Bonchev–Trinajstić information content (AvgIpc) is 3.03. The molecule has 2 aliphatic rings. The van der Waals surface area contributed by atoms with Crippen LogP contribution >= 0.6 is 15.9 Å². The molecule has 0 saturated carbocycles.